The van der Waals surface area contributed by atoms with Crippen LogP contribution >= 0.6 is 0 Å². The standard InChI is InChI=1S/C14H23NO4/c1-9(10-4-6-19-7-5-10)15-13(16)11-2-3-12(8-11)14(17)18/h9-12H,2-8H2,1H3,(H,15,16)(H,17,18)/t9?,11-,12+/m1/s1. The minimum Gasteiger partial charge on any atom is -0.481 e. The molecule has 108 valence electrons. The summed E-state index contributed by atoms with van der Waals surface area (Å²) in [5.41, 5.74) is 0. The van der Waals surface area contributed by atoms with Crippen LogP contribution in [0.2, 0.25) is 0 Å². The Balaban J connectivity index is 1.79. The summed E-state index contributed by atoms with van der Waals surface area (Å²) in [5, 5.41) is 12.0. The van der Waals surface area contributed by atoms with Gasteiger partial charge in [0.05, 0.1) is 5.92 Å². The summed E-state index contributed by atoms with van der Waals surface area (Å²) in [4.78, 5) is 23.0. The quantitative estimate of drug-likeness (QED) is 0.809. The van der Waals surface area contributed by atoms with E-state index in [1.54, 1.807) is 0 Å². The Morgan fingerprint density at radius 2 is 1.79 bits per heavy atom. The van der Waals surface area contributed by atoms with Gasteiger partial charge in [-0.2, -0.15) is 0 Å². The van der Waals surface area contributed by atoms with Crippen LogP contribution in [0.1, 0.15) is 39.0 Å². The van der Waals surface area contributed by atoms with Crippen molar-refractivity contribution >= 4 is 11.9 Å². The molecule has 1 amide bonds. The molecule has 2 N–H and O–H groups in total. The highest BCUT2D eigenvalue weighted by molar-refractivity contribution is 5.81. The van der Waals surface area contributed by atoms with E-state index >= 15 is 0 Å². The molecule has 0 aromatic heterocycles. The molecule has 0 radical (unpaired) electrons. The fraction of sp³-hybridized carbons (Fsp3) is 0.857. The zero-order chi connectivity index (χ0) is 13.8. The van der Waals surface area contributed by atoms with E-state index in [1.165, 1.54) is 0 Å². The van der Waals surface area contributed by atoms with Crippen LogP contribution in [0.4, 0.5) is 0 Å². The summed E-state index contributed by atoms with van der Waals surface area (Å²) in [6.45, 7) is 3.59. The summed E-state index contributed by atoms with van der Waals surface area (Å²) < 4.78 is 5.32. The van der Waals surface area contributed by atoms with Crippen molar-refractivity contribution in [3.8, 4) is 0 Å². The van der Waals surface area contributed by atoms with Crippen LogP contribution in [0, 0.1) is 17.8 Å². The van der Waals surface area contributed by atoms with E-state index in [1.807, 2.05) is 6.92 Å². The molecule has 1 saturated carbocycles. The van der Waals surface area contributed by atoms with Crippen LogP contribution in [0.3, 0.4) is 0 Å². The molecule has 5 nitrogen and oxygen atoms in total. The molecular weight excluding hydrogens is 246 g/mol. The Bertz CT molecular complexity index is 338. The molecule has 1 heterocycles. The SMILES string of the molecule is CC(NC(=O)[C@@H]1CC[C@H](C(=O)O)C1)C1CCOCC1. The predicted molar refractivity (Wildman–Crippen MR) is 69.6 cm³/mol. The Morgan fingerprint density at radius 3 is 2.37 bits per heavy atom. The van der Waals surface area contributed by atoms with Crippen LogP contribution in [0.5, 0.6) is 0 Å². The fourth-order valence-electron chi connectivity index (χ4n) is 3.12. The van der Waals surface area contributed by atoms with Crippen LogP contribution in [0.15, 0.2) is 0 Å². The molecule has 1 aliphatic carbocycles. The number of carboxylic acids is 1. The molecule has 1 aliphatic heterocycles. The number of hydrogen-bond donors (Lipinski definition) is 2. The third-order valence-electron chi connectivity index (χ3n) is 4.50. The summed E-state index contributed by atoms with van der Waals surface area (Å²) >= 11 is 0. The number of hydrogen-bond acceptors (Lipinski definition) is 3. The molecule has 0 aromatic carbocycles. The molecule has 19 heavy (non-hydrogen) atoms. The van der Waals surface area contributed by atoms with E-state index in [4.69, 9.17) is 9.84 Å². The largest absolute Gasteiger partial charge is 0.481 e. The van der Waals surface area contributed by atoms with Gasteiger partial charge in [-0.25, -0.2) is 0 Å². The maximum Gasteiger partial charge on any atom is 0.306 e. The van der Waals surface area contributed by atoms with Gasteiger partial charge in [-0.05, 0) is 44.9 Å². The lowest BCUT2D eigenvalue weighted by atomic mass is 9.92. The lowest BCUT2D eigenvalue weighted by Crippen LogP contribution is -2.42. The average molecular weight is 269 g/mol. The number of rotatable bonds is 4. The Labute approximate surface area is 113 Å². The van der Waals surface area contributed by atoms with E-state index in [0.717, 1.165) is 26.1 Å². The number of carbonyl (C=O) groups excluding carboxylic acids is 1. The lowest BCUT2D eigenvalue weighted by Gasteiger charge is -2.29. The van der Waals surface area contributed by atoms with E-state index < -0.39 is 5.97 Å². The van der Waals surface area contributed by atoms with Crippen molar-refractivity contribution in [2.45, 2.75) is 45.1 Å². The highest BCUT2D eigenvalue weighted by atomic mass is 16.5. The van der Waals surface area contributed by atoms with Crippen LogP contribution in [-0.2, 0) is 14.3 Å². The number of nitrogens with one attached hydrogen (secondary N) is 1. The number of carbonyl (C=O) groups is 2. The van der Waals surface area contributed by atoms with Crippen molar-refractivity contribution in [2.24, 2.45) is 17.8 Å². The van der Waals surface area contributed by atoms with Gasteiger partial charge in [0.2, 0.25) is 5.91 Å². The second kappa shape index (κ2) is 6.37. The van der Waals surface area contributed by atoms with Crippen molar-refractivity contribution in [3.63, 3.8) is 0 Å². The normalized spacial score (nSPS) is 29.9. The maximum absolute atomic E-state index is 12.1. The molecular formula is C14H23NO4. The highest BCUT2D eigenvalue weighted by Crippen LogP contribution is 2.31. The van der Waals surface area contributed by atoms with Crippen molar-refractivity contribution in [1.82, 2.24) is 5.32 Å². The summed E-state index contributed by atoms with van der Waals surface area (Å²) in [5.74, 6) is -0.720. The highest BCUT2D eigenvalue weighted by Gasteiger charge is 2.34. The lowest BCUT2D eigenvalue weighted by molar-refractivity contribution is -0.141. The minimum absolute atomic E-state index is 0.0303. The van der Waals surface area contributed by atoms with Crippen molar-refractivity contribution < 1.29 is 19.4 Å². The number of amides is 1. The molecule has 2 fully saturated rings. The predicted octanol–water partition coefficient (Wildman–Crippen LogP) is 1.42. The van der Waals surface area contributed by atoms with Gasteiger partial charge in [-0.15, -0.1) is 0 Å². The zero-order valence-electron chi connectivity index (χ0n) is 11.4. The smallest absolute Gasteiger partial charge is 0.306 e. The first-order chi connectivity index (χ1) is 9.08. The second-order valence-electron chi connectivity index (χ2n) is 5.79. The maximum atomic E-state index is 12.1. The third-order valence-corrected chi connectivity index (χ3v) is 4.50. The van der Waals surface area contributed by atoms with Crippen LogP contribution in [0.25, 0.3) is 0 Å². The molecule has 2 rings (SSSR count). The van der Waals surface area contributed by atoms with E-state index in [9.17, 15) is 9.59 Å². The molecule has 1 saturated heterocycles. The molecule has 5 heteroatoms. The van der Waals surface area contributed by atoms with Gasteiger partial charge in [0.1, 0.15) is 0 Å². The van der Waals surface area contributed by atoms with Crippen molar-refractivity contribution in [3.05, 3.63) is 0 Å². The molecule has 2 aliphatic rings. The Hall–Kier alpha value is -1.10. The van der Waals surface area contributed by atoms with Gasteiger partial charge >= 0.3 is 5.97 Å². The second-order valence-corrected chi connectivity index (χ2v) is 5.79. The number of carboxylic acid groups (broad SMARTS) is 1. The first-order valence-corrected chi connectivity index (χ1v) is 7.19. The van der Waals surface area contributed by atoms with Gasteiger partial charge in [-0.3, -0.25) is 9.59 Å². The van der Waals surface area contributed by atoms with Gasteiger partial charge in [0, 0.05) is 25.2 Å². The minimum atomic E-state index is -0.771. The summed E-state index contributed by atoms with van der Waals surface area (Å²) in [6.07, 6.45) is 3.79. The number of aliphatic carboxylic acids is 1. The molecule has 3 atom stereocenters. The first-order valence-electron chi connectivity index (χ1n) is 7.19. The topological polar surface area (TPSA) is 75.6 Å². The number of ether oxygens (including phenoxy) is 1. The van der Waals surface area contributed by atoms with Gasteiger partial charge in [-0.1, -0.05) is 0 Å². The summed E-state index contributed by atoms with van der Waals surface area (Å²) in [7, 11) is 0. The van der Waals surface area contributed by atoms with E-state index in [2.05, 4.69) is 5.32 Å². The van der Waals surface area contributed by atoms with Crippen LogP contribution < -0.4 is 5.32 Å². The fourth-order valence-corrected chi connectivity index (χ4v) is 3.12. The summed E-state index contributed by atoms with van der Waals surface area (Å²) in [6, 6.07) is 0.153. The Kier molecular flexibility index (Phi) is 4.80. The van der Waals surface area contributed by atoms with Gasteiger partial charge in [0.25, 0.3) is 0 Å². The van der Waals surface area contributed by atoms with Gasteiger partial charge in [0.15, 0.2) is 0 Å². The Morgan fingerprint density at radius 1 is 1.16 bits per heavy atom. The van der Waals surface area contributed by atoms with Gasteiger partial charge < -0.3 is 15.2 Å². The molecule has 0 spiro atoms. The van der Waals surface area contributed by atoms with Crippen molar-refractivity contribution in [2.75, 3.05) is 13.2 Å². The van der Waals surface area contributed by atoms with Crippen molar-refractivity contribution in [1.29, 1.82) is 0 Å². The van der Waals surface area contributed by atoms with E-state index in [0.29, 0.717) is 25.2 Å². The van der Waals surface area contributed by atoms with Crippen LogP contribution in [-0.4, -0.2) is 36.2 Å². The molecule has 1 unspecified atom stereocenters. The average Bonchev–Trinajstić information content (AvgIpc) is 2.89. The molecule has 0 bridgehead atoms. The van der Waals surface area contributed by atoms with E-state index in [-0.39, 0.29) is 23.8 Å². The first kappa shape index (κ1) is 14.3. The third kappa shape index (κ3) is 3.69. The molecule has 0 aromatic rings. The monoisotopic (exact) mass is 269 g/mol. The zero-order valence-corrected chi connectivity index (χ0v) is 11.4.